The predicted molar refractivity (Wildman–Crippen MR) is 87.1 cm³/mol. The van der Waals surface area contributed by atoms with E-state index in [1.807, 2.05) is 30.3 Å². The molecule has 0 aliphatic heterocycles. The van der Waals surface area contributed by atoms with E-state index in [9.17, 15) is 0 Å². The number of nitrogens with zero attached hydrogens (tertiary/aromatic N) is 2. The number of benzene rings is 1. The first-order chi connectivity index (χ1) is 10.1. The van der Waals surface area contributed by atoms with Gasteiger partial charge in [-0.1, -0.05) is 18.2 Å². The molecule has 1 unspecified atom stereocenters. The Hall–Kier alpha value is -2.14. The van der Waals surface area contributed by atoms with E-state index < -0.39 is 0 Å². The van der Waals surface area contributed by atoms with E-state index in [1.54, 1.807) is 7.11 Å². The Morgan fingerprint density at radius 2 is 2.14 bits per heavy atom. The smallest absolute Gasteiger partial charge is 0.140 e. The number of nitrogens with one attached hydrogen (secondary N) is 1. The van der Waals surface area contributed by atoms with Crippen LogP contribution in [0.4, 0.5) is 5.82 Å². The summed E-state index contributed by atoms with van der Waals surface area (Å²) in [7, 11) is 1.68. The number of nitrogens with two attached hydrogens (primary N) is 1. The molecule has 2 rings (SSSR count). The fraction of sp³-hybridized carbons (Fsp3) is 0.375. The maximum Gasteiger partial charge on any atom is 0.140 e. The molecule has 1 aromatic heterocycles. The van der Waals surface area contributed by atoms with Crippen LogP contribution in [0.3, 0.4) is 0 Å². The van der Waals surface area contributed by atoms with Crippen LogP contribution in [0.1, 0.15) is 19.4 Å². The number of methoxy groups -OCH3 is 1. The van der Waals surface area contributed by atoms with E-state index in [4.69, 9.17) is 20.9 Å². The van der Waals surface area contributed by atoms with Gasteiger partial charge in [0.1, 0.15) is 11.7 Å². The largest absolute Gasteiger partial charge is 0.384 e. The van der Waals surface area contributed by atoms with Crippen molar-refractivity contribution >= 4 is 22.6 Å². The molecule has 1 aromatic carbocycles. The molecule has 0 spiro atoms. The fourth-order valence-corrected chi connectivity index (χ4v) is 2.52. The summed E-state index contributed by atoms with van der Waals surface area (Å²) < 4.78 is 5.24. The molecule has 0 saturated heterocycles. The third-order valence-corrected chi connectivity index (χ3v) is 3.55. The SMILES string of the molecule is CCN(c1nc2ccccc2cc1C(=N)N)C(C)COC. The molecule has 1 atom stereocenters. The van der Waals surface area contributed by atoms with Crippen LogP contribution in [0.2, 0.25) is 0 Å². The van der Waals surface area contributed by atoms with Gasteiger partial charge in [0.05, 0.1) is 23.7 Å². The highest BCUT2D eigenvalue weighted by molar-refractivity contribution is 6.03. The minimum Gasteiger partial charge on any atom is -0.384 e. The Labute approximate surface area is 125 Å². The maximum absolute atomic E-state index is 7.84. The number of hydrogen-bond donors (Lipinski definition) is 2. The van der Waals surface area contributed by atoms with Gasteiger partial charge in [0.25, 0.3) is 0 Å². The van der Waals surface area contributed by atoms with Crippen molar-refractivity contribution in [3.8, 4) is 0 Å². The molecule has 1 heterocycles. The molecular weight excluding hydrogens is 264 g/mol. The van der Waals surface area contributed by atoms with E-state index in [-0.39, 0.29) is 11.9 Å². The number of fused-ring (bicyclic) bond motifs is 1. The minimum absolute atomic E-state index is 0.0336. The molecule has 5 nitrogen and oxygen atoms in total. The first kappa shape index (κ1) is 15.3. The summed E-state index contributed by atoms with van der Waals surface area (Å²) in [5.41, 5.74) is 7.33. The Morgan fingerprint density at radius 1 is 1.43 bits per heavy atom. The molecule has 112 valence electrons. The standard InChI is InChI=1S/C16H22N4O/c1-4-20(11(2)10-21-3)16-13(15(17)18)9-12-7-5-6-8-14(12)19-16/h5-9,11H,4,10H2,1-3H3,(H3,17,18). The van der Waals surface area contributed by atoms with E-state index in [1.165, 1.54) is 0 Å². The van der Waals surface area contributed by atoms with Crippen molar-refractivity contribution in [2.75, 3.05) is 25.2 Å². The van der Waals surface area contributed by atoms with E-state index >= 15 is 0 Å². The lowest BCUT2D eigenvalue weighted by molar-refractivity contribution is 0.181. The molecule has 0 bridgehead atoms. The van der Waals surface area contributed by atoms with E-state index in [0.29, 0.717) is 12.2 Å². The Balaban J connectivity index is 2.58. The quantitative estimate of drug-likeness (QED) is 0.631. The molecular formula is C16H22N4O. The number of amidine groups is 1. The fourth-order valence-electron chi connectivity index (χ4n) is 2.52. The van der Waals surface area contributed by atoms with Crippen molar-refractivity contribution < 1.29 is 4.74 Å². The average molecular weight is 286 g/mol. The molecule has 0 fully saturated rings. The highest BCUT2D eigenvalue weighted by atomic mass is 16.5. The minimum atomic E-state index is 0.0336. The first-order valence-corrected chi connectivity index (χ1v) is 7.08. The molecule has 0 radical (unpaired) electrons. The Morgan fingerprint density at radius 3 is 2.76 bits per heavy atom. The number of para-hydroxylation sites is 1. The summed E-state index contributed by atoms with van der Waals surface area (Å²) >= 11 is 0. The van der Waals surface area contributed by atoms with Crippen molar-refractivity contribution in [3.05, 3.63) is 35.9 Å². The third-order valence-electron chi connectivity index (χ3n) is 3.55. The summed E-state index contributed by atoms with van der Waals surface area (Å²) in [6.07, 6.45) is 0. The van der Waals surface area contributed by atoms with Crippen LogP contribution in [0.25, 0.3) is 10.9 Å². The molecule has 0 amide bonds. The van der Waals surface area contributed by atoms with Crippen molar-refractivity contribution in [2.24, 2.45) is 5.73 Å². The number of anilines is 1. The second-order valence-corrected chi connectivity index (χ2v) is 5.06. The van der Waals surface area contributed by atoms with Crippen LogP contribution in [0, 0.1) is 5.41 Å². The zero-order valence-electron chi connectivity index (χ0n) is 12.8. The van der Waals surface area contributed by atoms with Gasteiger partial charge in [-0.05, 0) is 26.0 Å². The average Bonchev–Trinajstić information content (AvgIpc) is 2.47. The second-order valence-electron chi connectivity index (χ2n) is 5.06. The number of rotatable bonds is 6. The number of nitrogen functional groups attached to an aromatic ring is 1. The molecule has 2 aromatic rings. The number of likely N-dealkylation sites (N-methyl/N-ethyl adjacent to an activating group) is 1. The van der Waals surface area contributed by atoms with E-state index in [0.717, 1.165) is 23.3 Å². The third kappa shape index (κ3) is 3.13. The first-order valence-electron chi connectivity index (χ1n) is 7.08. The van der Waals surface area contributed by atoms with Crippen LogP contribution in [0.15, 0.2) is 30.3 Å². The molecule has 3 N–H and O–H groups in total. The van der Waals surface area contributed by atoms with E-state index in [2.05, 4.69) is 18.7 Å². The molecule has 21 heavy (non-hydrogen) atoms. The zero-order chi connectivity index (χ0) is 15.4. The van der Waals surface area contributed by atoms with Gasteiger partial charge in [0.2, 0.25) is 0 Å². The molecule has 0 saturated carbocycles. The maximum atomic E-state index is 7.84. The topological polar surface area (TPSA) is 75.2 Å². The van der Waals surface area contributed by atoms with Gasteiger partial charge < -0.3 is 15.4 Å². The van der Waals surface area contributed by atoms with Gasteiger partial charge in [-0.2, -0.15) is 0 Å². The van der Waals surface area contributed by atoms with Crippen LogP contribution in [-0.2, 0) is 4.74 Å². The number of pyridine rings is 1. The van der Waals surface area contributed by atoms with Crippen molar-refractivity contribution in [1.82, 2.24) is 4.98 Å². The lowest BCUT2D eigenvalue weighted by atomic mass is 10.1. The van der Waals surface area contributed by atoms with Crippen LogP contribution < -0.4 is 10.6 Å². The lowest BCUT2D eigenvalue weighted by Crippen LogP contribution is -2.38. The summed E-state index contributed by atoms with van der Waals surface area (Å²) in [6, 6.07) is 9.96. The Bertz CT molecular complexity index is 641. The number of ether oxygens (including phenoxy) is 1. The summed E-state index contributed by atoms with van der Waals surface area (Å²) in [4.78, 5) is 6.84. The van der Waals surface area contributed by atoms with Crippen LogP contribution >= 0.6 is 0 Å². The monoisotopic (exact) mass is 286 g/mol. The van der Waals surface area contributed by atoms with Gasteiger partial charge >= 0.3 is 0 Å². The molecule has 0 aliphatic rings. The predicted octanol–water partition coefficient (Wildman–Crippen LogP) is 2.38. The number of hydrogen-bond acceptors (Lipinski definition) is 4. The van der Waals surface area contributed by atoms with Crippen molar-refractivity contribution in [3.63, 3.8) is 0 Å². The van der Waals surface area contributed by atoms with Gasteiger partial charge in [0, 0.05) is 19.0 Å². The molecule has 0 aliphatic carbocycles. The van der Waals surface area contributed by atoms with Crippen molar-refractivity contribution in [2.45, 2.75) is 19.9 Å². The van der Waals surface area contributed by atoms with Gasteiger partial charge in [0.15, 0.2) is 0 Å². The normalized spacial score (nSPS) is 12.3. The second kappa shape index (κ2) is 6.54. The summed E-state index contributed by atoms with van der Waals surface area (Å²) in [6.45, 7) is 5.51. The highest BCUT2D eigenvalue weighted by Gasteiger charge is 2.19. The van der Waals surface area contributed by atoms with Crippen LogP contribution in [-0.4, -0.2) is 37.1 Å². The summed E-state index contributed by atoms with van der Waals surface area (Å²) in [5, 5.41) is 8.83. The highest BCUT2D eigenvalue weighted by Crippen LogP contribution is 2.24. The molecule has 5 heteroatoms. The van der Waals surface area contributed by atoms with Crippen LogP contribution in [0.5, 0.6) is 0 Å². The van der Waals surface area contributed by atoms with Crippen molar-refractivity contribution in [1.29, 1.82) is 5.41 Å². The van der Waals surface area contributed by atoms with Gasteiger partial charge in [-0.25, -0.2) is 4.98 Å². The lowest BCUT2D eigenvalue weighted by Gasteiger charge is -2.30. The number of aromatic nitrogens is 1. The summed E-state index contributed by atoms with van der Waals surface area (Å²) in [5.74, 6) is 0.777. The van der Waals surface area contributed by atoms with Gasteiger partial charge in [-0.15, -0.1) is 0 Å². The Kier molecular flexibility index (Phi) is 4.75. The zero-order valence-corrected chi connectivity index (χ0v) is 12.8. The van der Waals surface area contributed by atoms with Gasteiger partial charge in [-0.3, -0.25) is 5.41 Å².